The average Bonchev–Trinajstić information content (AvgIpc) is 2.45. The topological polar surface area (TPSA) is 32.3 Å². The monoisotopic (exact) mass is 210 g/mol. The lowest BCUT2D eigenvalue weighted by Crippen LogP contribution is -2.43. The number of rotatable bonds is 2. The van der Waals surface area contributed by atoms with Crippen molar-refractivity contribution in [2.75, 3.05) is 20.1 Å². The molecule has 1 unspecified atom stereocenters. The molecule has 1 aliphatic heterocycles. The molecule has 1 aliphatic rings. The van der Waals surface area contributed by atoms with Crippen molar-refractivity contribution in [2.45, 2.75) is 25.1 Å². The van der Waals surface area contributed by atoms with Crippen LogP contribution in [0.2, 0.25) is 0 Å². The molecule has 0 spiro atoms. The summed E-state index contributed by atoms with van der Waals surface area (Å²) in [6.07, 6.45) is -2.95. The molecule has 1 fully saturated rings. The van der Waals surface area contributed by atoms with Gasteiger partial charge < -0.3 is 10.2 Å². The summed E-state index contributed by atoms with van der Waals surface area (Å²) in [6, 6.07) is 0.0429. The zero-order chi connectivity index (χ0) is 10.8. The molecule has 0 aromatic rings. The van der Waals surface area contributed by atoms with E-state index >= 15 is 0 Å². The number of nitrogens with one attached hydrogen (secondary N) is 1. The molecule has 1 atom stereocenters. The zero-order valence-electron chi connectivity index (χ0n) is 7.90. The fourth-order valence-corrected chi connectivity index (χ4v) is 1.55. The highest BCUT2D eigenvalue weighted by atomic mass is 19.4. The van der Waals surface area contributed by atoms with Crippen LogP contribution in [-0.2, 0) is 4.79 Å². The van der Waals surface area contributed by atoms with Crippen LogP contribution in [0.15, 0.2) is 0 Å². The van der Waals surface area contributed by atoms with Gasteiger partial charge in [-0.15, -0.1) is 0 Å². The largest absolute Gasteiger partial charge is 0.471 e. The van der Waals surface area contributed by atoms with Crippen molar-refractivity contribution in [1.82, 2.24) is 10.2 Å². The number of likely N-dealkylation sites (N-methyl/N-ethyl adjacent to an activating group) is 1. The maximum atomic E-state index is 11.8. The minimum Gasteiger partial charge on any atom is -0.347 e. The van der Waals surface area contributed by atoms with Crippen LogP contribution in [0.1, 0.15) is 12.8 Å². The van der Waals surface area contributed by atoms with Crippen molar-refractivity contribution < 1.29 is 18.0 Å². The first-order valence-electron chi connectivity index (χ1n) is 4.46. The van der Waals surface area contributed by atoms with E-state index in [2.05, 4.69) is 0 Å². The molecule has 1 amide bonds. The second kappa shape index (κ2) is 4.16. The van der Waals surface area contributed by atoms with E-state index in [-0.39, 0.29) is 12.6 Å². The number of halogens is 3. The molecule has 1 N–H and O–H groups in total. The van der Waals surface area contributed by atoms with Crippen LogP contribution >= 0.6 is 0 Å². The predicted molar refractivity (Wildman–Crippen MR) is 44.7 cm³/mol. The van der Waals surface area contributed by atoms with E-state index in [0.29, 0.717) is 0 Å². The lowest BCUT2D eigenvalue weighted by molar-refractivity contribution is -0.173. The van der Waals surface area contributed by atoms with Gasteiger partial charge in [-0.1, -0.05) is 0 Å². The summed E-state index contributed by atoms with van der Waals surface area (Å²) in [4.78, 5) is 12.4. The van der Waals surface area contributed by atoms with Crippen molar-refractivity contribution in [3.63, 3.8) is 0 Å². The average molecular weight is 210 g/mol. The van der Waals surface area contributed by atoms with Crippen molar-refractivity contribution in [1.29, 1.82) is 0 Å². The van der Waals surface area contributed by atoms with Crippen LogP contribution in [0.25, 0.3) is 0 Å². The van der Waals surface area contributed by atoms with Gasteiger partial charge in [-0.2, -0.15) is 13.2 Å². The van der Waals surface area contributed by atoms with Crippen molar-refractivity contribution in [2.24, 2.45) is 0 Å². The van der Waals surface area contributed by atoms with Gasteiger partial charge in [0, 0.05) is 12.6 Å². The van der Waals surface area contributed by atoms with Gasteiger partial charge in [0.05, 0.1) is 0 Å². The SMILES string of the molecule is CN1CCCC1CNC(=O)C(F)(F)F. The molecule has 82 valence electrons. The van der Waals surface area contributed by atoms with Gasteiger partial charge >= 0.3 is 12.1 Å². The molecule has 0 aromatic heterocycles. The number of carbonyl (C=O) groups excluding carboxylic acids is 1. The number of likely N-dealkylation sites (tertiary alicyclic amines) is 1. The predicted octanol–water partition coefficient (Wildman–Crippen LogP) is 0.759. The Morgan fingerprint density at radius 1 is 1.57 bits per heavy atom. The van der Waals surface area contributed by atoms with Gasteiger partial charge in [0.1, 0.15) is 0 Å². The molecule has 3 nitrogen and oxygen atoms in total. The minimum absolute atomic E-state index is 0.0429. The Morgan fingerprint density at radius 3 is 2.64 bits per heavy atom. The Hall–Kier alpha value is -0.780. The summed E-state index contributed by atoms with van der Waals surface area (Å²) in [5.74, 6) is -1.85. The molecule has 1 saturated heterocycles. The van der Waals surface area contributed by atoms with Crippen molar-refractivity contribution in [3.05, 3.63) is 0 Å². The van der Waals surface area contributed by atoms with Gasteiger partial charge in [0.25, 0.3) is 0 Å². The lowest BCUT2D eigenvalue weighted by atomic mass is 10.2. The van der Waals surface area contributed by atoms with Gasteiger partial charge in [0.2, 0.25) is 0 Å². The van der Waals surface area contributed by atoms with E-state index in [1.807, 2.05) is 17.3 Å². The molecule has 14 heavy (non-hydrogen) atoms. The third-order valence-electron chi connectivity index (χ3n) is 2.43. The highest BCUT2D eigenvalue weighted by Gasteiger charge is 2.38. The lowest BCUT2D eigenvalue weighted by Gasteiger charge is -2.19. The maximum absolute atomic E-state index is 11.8. The maximum Gasteiger partial charge on any atom is 0.471 e. The van der Waals surface area contributed by atoms with Gasteiger partial charge in [-0.25, -0.2) is 0 Å². The third kappa shape index (κ3) is 2.87. The smallest absolute Gasteiger partial charge is 0.347 e. The first-order chi connectivity index (χ1) is 6.41. The highest BCUT2D eigenvalue weighted by molar-refractivity contribution is 5.81. The molecule has 1 rings (SSSR count). The summed E-state index contributed by atoms with van der Waals surface area (Å²) < 4.78 is 35.4. The molecule has 0 aliphatic carbocycles. The molecule has 0 aromatic carbocycles. The van der Waals surface area contributed by atoms with Crippen LogP contribution < -0.4 is 5.32 Å². The number of hydrogen-bond donors (Lipinski definition) is 1. The summed E-state index contributed by atoms with van der Waals surface area (Å²) in [6.45, 7) is 0.960. The number of nitrogens with zero attached hydrogens (tertiary/aromatic N) is 1. The zero-order valence-corrected chi connectivity index (χ0v) is 7.90. The molecular weight excluding hydrogens is 197 g/mol. The number of alkyl halides is 3. The van der Waals surface area contributed by atoms with E-state index in [1.165, 1.54) is 0 Å². The fourth-order valence-electron chi connectivity index (χ4n) is 1.55. The second-order valence-corrected chi connectivity index (χ2v) is 3.48. The number of amides is 1. The number of hydrogen-bond acceptors (Lipinski definition) is 2. The van der Waals surface area contributed by atoms with E-state index in [4.69, 9.17) is 0 Å². The Kier molecular flexibility index (Phi) is 3.36. The van der Waals surface area contributed by atoms with Gasteiger partial charge in [-0.3, -0.25) is 4.79 Å². The molecule has 0 bridgehead atoms. The van der Waals surface area contributed by atoms with E-state index in [9.17, 15) is 18.0 Å². The van der Waals surface area contributed by atoms with Crippen LogP contribution in [0, 0.1) is 0 Å². The molecule has 1 heterocycles. The van der Waals surface area contributed by atoms with Crippen molar-refractivity contribution >= 4 is 5.91 Å². The molecule has 0 radical (unpaired) electrons. The fraction of sp³-hybridized carbons (Fsp3) is 0.875. The van der Waals surface area contributed by atoms with Crippen LogP contribution in [0.5, 0.6) is 0 Å². The third-order valence-corrected chi connectivity index (χ3v) is 2.43. The first kappa shape index (κ1) is 11.3. The molecular formula is C8H13F3N2O. The summed E-state index contributed by atoms with van der Waals surface area (Å²) in [5, 5.41) is 1.89. The summed E-state index contributed by atoms with van der Waals surface area (Å²) >= 11 is 0. The molecule has 6 heteroatoms. The number of carbonyl (C=O) groups is 1. The standard InChI is InChI=1S/C8H13F3N2O/c1-13-4-2-3-6(13)5-12-7(14)8(9,10)11/h6H,2-5H2,1H3,(H,12,14). The molecule has 0 saturated carbocycles. The van der Waals surface area contributed by atoms with E-state index in [1.54, 1.807) is 0 Å². The van der Waals surface area contributed by atoms with E-state index in [0.717, 1.165) is 19.4 Å². The minimum atomic E-state index is -4.77. The summed E-state index contributed by atoms with van der Waals surface area (Å²) in [7, 11) is 1.84. The van der Waals surface area contributed by atoms with Crippen LogP contribution in [0.3, 0.4) is 0 Å². The first-order valence-corrected chi connectivity index (χ1v) is 4.46. The quantitative estimate of drug-likeness (QED) is 0.729. The summed E-state index contributed by atoms with van der Waals surface area (Å²) in [5.41, 5.74) is 0. The Morgan fingerprint density at radius 2 is 2.21 bits per heavy atom. The van der Waals surface area contributed by atoms with Crippen LogP contribution in [0.4, 0.5) is 13.2 Å². The second-order valence-electron chi connectivity index (χ2n) is 3.48. The Labute approximate surface area is 80.3 Å². The Balaban J connectivity index is 2.30. The van der Waals surface area contributed by atoms with Gasteiger partial charge in [-0.05, 0) is 26.4 Å². The van der Waals surface area contributed by atoms with Crippen LogP contribution in [-0.4, -0.2) is 43.2 Å². The van der Waals surface area contributed by atoms with Gasteiger partial charge in [0.15, 0.2) is 0 Å². The van der Waals surface area contributed by atoms with E-state index < -0.39 is 12.1 Å². The normalized spacial score (nSPS) is 23.9. The van der Waals surface area contributed by atoms with Crippen molar-refractivity contribution in [3.8, 4) is 0 Å². The Bertz CT molecular complexity index is 217. The highest BCUT2D eigenvalue weighted by Crippen LogP contribution is 2.16.